The Hall–Kier alpha value is -1.26. The molecular formula is C18H28N2O2. The Morgan fingerprint density at radius 1 is 1.18 bits per heavy atom. The molecule has 0 radical (unpaired) electrons. The average molecular weight is 304 g/mol. The molecule has 1 fully saturated rings. The molecule has 2 aliphatic heterocycles. The molecule has 0 aromatic heterocycles. The molecule has 4 heteroatoms. The van der Waals surface area contributed by atoms with Crippen molar-refractivity contribution in [1.29, 1.82) is 0 Å². The van der Waals surface area contributed by atoms with Crippen LogP contribution in [0.4, 0.5) is 0 Å². The van der Waals surface area contributed by atoms with Crippen LogP contribution in [0.5, 0.6) is 11.5 Å². The summed E-state index contributed by atoms with van der Waals surface area (Å²) in [5.74, 6) is 1.84. The number of hydrogen-bond donors (Lipinski definition) is 1. The number of hydrogen-bond acceptors (Lipinski definition) is 4. The van der Waals surface area contributed by atoms with Crippen LogP contribution < -0.4 is 14.8 Å². The van der Waals surface area contributed by atoms with Crippen LogP contribution >= 0.6 is 0 Å². The molecule has 2 aliphatic rings. The highest BCUT2D eigenvalue weighted by Crippen LogP contribution is 2.33. The van der Waals surface area contributed by atoms with Gasteiger partial charge in [-0.05, 0) is 45.0 Å². The maximum Gasteiger partial charge on any atom is 0.165 e. The second-order valence-electron chi connectivity index (χ2n) is 6.29. The first kappa shape index (κ1) is 15.6. The number of piperidine rings is 1. The summed E-state index contributed by atoms with van der Waals surface area (Å²) in [5.41, 5.74) is 1.22. The molecular weight excluding hydrogens is 276 g/mol. The highest BCUT2D eigenvalue weighted by molar-refractivity contribution is 5.47. The Kier molecular flexibility index (Phi) is 5.57. The fourth-order valence-electron chi connectivity index (χ4n) is 3.32. The van der Waals surface area contributed by atoms with Crippen LogP contribution in [0.1, 0.15) is 38.2 Å². The number of ether oxygens (including phenoxy) is 2. The van der Waals surface area contributed by atoms with Crippen LogP contribution in [0.25, 0.3) is 0 Å². The first-order chi connectivity index (χ1) is 10.9. The van der Waals surface area contributed by atoms with E-state index in [0.717, 1.165) is 37.7 Å². The maximum atomic E-state index is 5.90. The van der Waals surface area contributed by atoms with E-state index in [1.165, 1.54) is 44.5 Å². The quantitative estimate of drug-likeness (QED) is 0.907. The van der Waals surface area contributed by atoms with Crippen molar-refractivity contribution in [3.8, 4) is 11.5 Å². The van der Waals surface area contributed by atoms with Gasteiger partial charge in [0.1, 0.15) is 0 Å². The van der Waals surface area contributed by atoms with E-state index in [0.29, 0.717) is 6.04 Å². The third-order valence-corrected chi connectivity index (χ3v) is 4.56. The molecule has 0 amide bonds. The number of fused-ring (bicyclic) bond motifs is 1. The summed E-state index contributed by atoms with van der Waals surface area (Å²) in [6, 6.07) is 6.84. The van der Waals surface area contributed by atoms with Gasteiger partial charge < -0.3 is 19.7 Å². The third-order valence-electron chi connectivity index (χ3n) is 4.56. The summed E-state index contributed by atoms with van der Waals surface area (Å²) in [6.07, 6.45) is 4.70. The summed E-state index contributed by atoms with van der Waals surface area (Å²) in [7, 11) is 0. The zero-order valence-corrected chi connectivity index (χ0v) is 13.6. The fraction of sp³-hybridized carbons (Fsp3) is 0.667. The second kappa shape index (κ2) is 7.84. The first-order valence-corrected chi connectivity index (χ1v) is 8.70. The van der Waals surface area contributed by atoms with Crippen molar-refractivity contribution >= 4 is 0 Å². The lowest BCUT2D eigenvalue weighted by atomic mass is 10.0. The van der Waals surface area contributed by atoms with E-state index >= 15 is 0 Å². The van der Waals surface area contributed by atoms with Crippen molar-refractivity contribution in [2.24, 2.45) is 0 Å². The minimum absolute atomic E-state index is 0.621. The lowest BCUT2D eigenvalue weighted by Crippen LogP contribution is -2.42. The number of nitrogens with one attached hydrogen (secondary N) is 1. The zero-order valence-electron chi connectivity index (χ0n) is 13.6. The highest BCUT2D eigenvalue weighted by Gasteiger charge is 2.19. The van der Waals surface area contributed by atoms with Crippen molar-refractivity contribution < 1.29 is 9.47 Å². The molecule has 0 unspecified atom stereocenters. The Balaban J connectivity index is 1.54. The van der Waals surface area contributed by atoms with Gasteiger partial charge in [-0.1, -0.05) is 19.1 Å². The molecule has 1 aromatic rings. The number of benzene rings is 1. The largest absolute Gasteiger partial charge is 0.490 e. The van der Waals surface area contributed by atoms with Crippen LogP contribution in [-0.2, 0) is 6.54 Å². The zero-order chi connectivity index (χ0) is 15.2. The SMILES string of the molecule is CCCN1CCC(NCc2cccc3c2OCCCO3)CC1. The van der Waals surface area contributed by atoms with Crippen molar-refractivity contribution in [1.82, 2.24) is 10.2 Å². The number of para-hydroxylation sites is 1. The highest BCUT2D eigenvalue weighted by atomic mass is 16.5. The molecule has 4 nitrogen and oxygen atoms in total. The molecule has 122 valence electrons. The number of likely N-dealkylation sites (tertiary alicyclic amines) is 1. The molecule has 2 heterocycles. The average Bonchev–Trinajstić information content (AvgIpc) is 2.80. The molecule has 0 bridgehead atoms. The molecule has 1 N–H and O–H groups in total. The predicted molar refractivity (Wildman–Crippen MR) is 88.6 cm³/mol. The third kappa shape index (κ3) is 3.93. The van der Waals surface area contributed by atoms with E-state index < -0.39 is 0 Å². The van der Waals surface area contributed by atoms with Crippen molar-refractivity contribution in [2.75, 3.05) is 32.8 Å². The standard InChI is InChI=1S/C18H28N2O2/c1-2-9-20-10-7-16(8-11-20)19-14-15-5-3-6-17-18(15)22-13-4-12-21-17/h3,5-6,16,19H,2,4,7-14H2,1H3. The maximum absolute atomic E-state index is 5.90. The van der Waals surface area contributed by atoms with Crippen LogP contribution in [0.15, 0.2) is 18.2 Å². The van der Waals surface area contributed by atoms with Gasteiger partial charge in [-0.3, -0.25) is 0 Å². The molecule has 0 aliphatic carbocycles. The Labute approximate surface area is 133 Å². The lowest BCUT2D eigenvalue weighted by Gasteiger charge is -2.32. The molecule has 1 saturated heterocycles. The first-order valence-electron chi connectivity index (χ1n) is 8.70. The number of rotatable bonds is 5. The summed E-state index contributed by atoms with van der Waals surface area (Å²) in [5, 5.41) is 3.71. The minimum Gasteiger partial charge on any atom is -0.490 e. The van der Waals surface area contributed by atoms with Crippen LogP contribution in [0, 0.1) is 0 Å². The van der Waals surface area contributed by atoms with E-state index in [9.17, 15) is 0 Å². The minimum atomic E-state index is 0.621. The Bertz CT molecular complexity index is 470. The van der Waals surface area contributed by atoms with E-state index in [2.05, 4.69) is 29.3 Å². The van der Waals surface area contributed by atoms with Gasteiger partial charge in [0.05, 0.1) is 13.2 Å². The molecule has 22 heavy (non-hydrogen) atoms. The van der Waals surface area contributed by atoms with Crippen LogP contribution in [0.3, 0.4) is 0 Å². The number of nitrogens with zero attached hydrogens (tertiary/aromatic N) is 1. The summed E-state index contributed by atoms with van der Waals surface area (Å²) >= 11 is 0. The van der Waals surface area contributed by atoms with Gasteiger partial charge in [-0.25, -0.2) is 0 Å². The van der Waals surface area contributed by atoms with Gasteiger partial charge in [0.15, 0.2) is 11.5 Å². The lowest BCUT2D eigenvalue weighted by molar-refractivity contribution is 0.197. The van der Waals surface area contributed by atoms with Gasteiger partial charge >= 0.3 is 0 Å². The van der Waals surface area contributed by atoms with E-state index in [1.54, 1.807) is 0 Å². The normalized spacial score (nSPS) is 19.9. The Morgan fingerprint density at radius 3 is 2.82 bits per heavy atom. The molecule has 0 atom stereocenters. The smallest absolute Gasteiger partial charge is 0.165 e. The topological polar surface area (TPSA) is 33.7 Å². The summed E-state index contributed by atoms with van der Waals surface area (Å²) < 4.78 is 11.7. The molecule has 3 rings (SSSR count). The van der Waals surface area contributed by atoms with Crippen molar-refractivity contribution in [3.63, 3.8) is 0 Å². The molecule has 1 aromatic carbocycles. The van der Waals surface area contributed by atoms with E-state index in [4.69, 9.17) is 9.47 Å². The monoisotopic (exact) mass is 304 g/mol. The molecule has 0 saturated carbocycles. The van der Waals surface area contributed by atoms with Gasteiger partial charge in [0.25, 0.3) is 0 Å². The summed E-state index contributed by atoms with van der Waals surface area (Å²) in [6.45, 7) is 8.30. The Morgan fingerprint density at radius 2 is 2.00 bits per heavy atom. The van der Waals surface area contributed by atoms with Gasteiger partial charge in [0.2, 0.25) is 0 Å². The summed E-state index contributed by atoms with van der Waals surface area (Å²) in [4.78, 5) is 2.57. The predicted octanol–water partition coefficient (Wildman–Crippen LogP) is 2.81. The van der Waals surface area contributed by atoms with Gasteiger partial charge in [-0.2, -0.15) is 0 Å². The van der Waals surface area contributed by atoms with Crippen molar-refractivity contribution in [2.45, 2.75) is 45.2 Å². The van der Waals surface area contributed by atoms with E-state index in [1.807, 2.05) is 6.07 Å². The second-order valence-corrected chi connectivity index (χ2v) is 6.29. The van der Waals surface area contributed by atoms with Gasteiger partial charge in [-0.15, -0.1) is 0 Å². The molecule has 0 spiro atoms. The fourth-order valence-corrected chi connectivity index (χ4v) is 3.32. The van der Waals surface area contributed by atoms with Crippen molar-refractivity contribution in [3.05, 3.63) is 23.8 Å². The van der Waals surface area contributed by atoms with Crippen LogP contribution in [0.2, 0.25) is 0 Å². The van der Waals surface area contributed by atoms with Gasteiger partial charge in [0, 0.05) is 24.6 Å². The van der Waals surface area contributed by atoms with Crippen LogP contribution in [-0.4, -0.2) is 43.8 Å². The van der Waals surface area contributed by atoms with E-state index in [-0.39, 0.29) is 0 Å².